The van der Waals surface area contributed by atoms with E-state index in [1.165, 1.54) is 0 Å². The molecule has 0 aliphatic carbocycles. The maximum atomic E-state index is 11.5. The molecular weight excluding hydrogens is 256 g/mol. The van der Waals surface area contributed by atoms with Crippen molar-refractivity contribution in [3.05, 3.63) is 34.3 Å². The van der Waals surface area contributed by atoms with Crippen LogP contribution in [0.3, 0.4) is 0 Å². The van der Waals surface area contributed by atoms with Crippen LogP contribution in [0.5, 0.6) is 0 Å². The Labute approximate surface area is 117 Å². The van der Waals surface area contributed by atoms with E-state index in [-0.39, 0.29) is 11.4 Å². The van der Waals surface area contributed by atoms with Crippen molar-refractivity contribution in [2.75, 3.05) is 0 Å². The average molecular weight is 274 g/mol. The van der Waals surface area contributed by atoms with Crippen LogP contribution in [0, 0.1) is 13.8 Å². The van der Waals surface area contributed by atoms with E-state index in [9.17, 15) is 9.90 Å². The minimum atomic E-state index is -1.01. The van der Waals surface area contributed by atoms with Crippen molar-refractivity contribution in [2.45, 2.75) is 40.5 Å². The van der Waals surface area contributed by atoms with E-state index in [0.29, 0.717) is 11.3 Å². The van der Waals surface area contributed by atoms with Crippen molar-refractivity contribution in [3.63, 3.8) is 0 Å². The zero-order chi connectivity index (χ0) is 14.9. The molecule has 0 radical (unpaired) electrons. The largest absolute Gasteiger partial charge is 0.478 e. The second kappa shape index (κ2) is 5.40. The summed E-state index contributed by atoms with van der Waals surface area (Å²) in [6, 6.07) is 1.97. The van der Waals surface area contributed by atoms with E-state index in [1.807, 2.05) is 19.9 Å². The first-order valence-electron chi connectivity index (χ1n) is 6.64. The van der Waals surface area contributed by atoms with E-state index >= 15 is 0 Å². The Morgan fingerprint density at radius 3 is 2.50 bits per heavy atom. The summed E-state index contributed by atoms with van der Waals surface area (Å²) in [4.78, 5) is 11.5. The fourth-order valence-corrected chi connectivity index (χ4v) is 2.08. The third-order valence-electron chi connectivity index (χ3n) is 3.41. The van der Waals surface area contributed by atoms with Crippen LogP contribution in [0.15, 0.2) is 6.07 Å². The van der Waals surface area contributed by atoms with Gasteiger partial charge in [-0.05, 0) is 38.3 Å². The maximum absolute atomic E-state index is 11.5. The summed E-state index contributed by atoms with van der Waals surface area (Å²) in [5, 5.41) is 22.0. The molecule has 0 fully saturated rings. The number of aromatic carboxylic acids is 1. The SMILES string of the molecule is CCc1cc(CC)n(-c2nnc(C)c(C)c2C(=O)O)n1. The molecule has 1 N–H and O–H groups in total. The van der Waals surface area contributed by atoms with Crippen molar-refractivity contribution >= 4 is 5.97 Å². The second-order valence-electron chi connectivity index (χ2n) is 4.66. The molecule has 20 heavy (non-hydrogen) atoms. The molecule has 2 aromatic heterocycles. The third-order valence-corrected chi connectivity index (χ3v) is 3.41. The monoisotopic (exact) mass is 274 g/mol. The Morgan fingerprint density at radius 2 is 1.95 bits per heavy atom. The third kappa shape index (κ3) is 2.29. The van der Waals surface area contributed by atoms with Crippen LogP contribution in [0.1, 0.15) is 46.9 Å². The molecule has 0 bridgehead atoms. The van der Waals surface area contributed by atoms with Gasteiger partial charge in [-0.2, -0.15) is 10.2 Å². The van der Waals surface area contributed by atoms with Gasteiger partial charge in [0.1, 0.15) is 5.56 Å². The number of hydrogen-bond donors (Lipinski definition) is 1. The summed E-state index contributed by atoms with van der Waals surface area (Å²) in [5.74, 6) is -0.719. The summed E-state index contributed by atoms with van der Waals surface area (Å²) in [5.41, 5.74) is 3.25. The molecule has 0 aliphatic heterocycles. The number of hydrogen-bond acceptors (Lipinski definition) is 4. The minimum absolute atomic E-state index is 0.165. The lowest BCUT2D eigenvalue weighted by Crippen LogP contribution is -2.15. The lowest BCUT2D eigenvalue weighted by molar-refractivity contribution is 0.0695. The zero-order valence-corrected chi connectivity index (χ0v) is 12.1. The van der Waals surface area contributed by atoms with Gasteiger partial charge in [0, 0.05) is 5.69 Å². The molecule has 2 heterocycles. The molecule has 0 spiro atoms. The Bertz CT molecular complexity index is 661. The van der Waals surface area contributed by atoms with Gasteiger partial charge >= 0.3 is 5.97 Å². The van der Waals surface area contributed by atoms with Gasteiger partial charge in [0.05, 0.1) is 11.4 Å². The van der Waals surface area contributed by atoms with Crippen LogP contribution in [-0.4, -0.2) is 31.1 Å². The van der Waals surface area contributed by atoms with Gasteiger partial charge in [0.15, 0.2) is 5.82 Å². The molecule has 6 nitrogen and oxygen atoms in total. The highest BCUT2D eigenvalue weighted by Gasteiger charge is 2.21. The molecule has 2 aromatic rings. The topological polar surface area (TPSA) is 80.9 Å². The highest BCUT2D eigenvalue weighted by molar-refractivity contribution is 5.92. The van der Waals surface area contributed by atoms with Crippen LogP contribution in [0.2, 0.25) is 0 Å². The van der Waals surface area contributed by atoms with Gasteiger partial charge in [0.25, 0.3) is 0 Å². The number of carboxylic acid groups (broad SMARTS) is 1. The maximum Gasteiger partial charge on any atom is 0.339 e. The lowest BCUT2D eigenvalue weighted by Gasteiger charge is -2.11. The van der Waals surface area contributed by atoms with Crippen LogP contribution in [0.4, 0.5) is 0 Å². The summed E-state index contributed by atoms with van der Waals surface area (Å²) in [7, 11) is 0. The number of rotatable bonds is 4. The van der Waals surface area contributed by atoms with Gasteiger partial charge in [-0.3, -0.25) is 0 Å². The Hall–Kier alpha value is -2.24. The fourth-order valence-electron chi connectivity index (χ4n) is 2.08. The Morgan fingerprint density at radius 1 is 1.25 bits per heavy atom. The molecular formula is C14H18N4O2. The van der Waals surface area contributed by atoms with E-state index in [1.54, 1.807) is 18.5 Å². The summed E-state index contributed by atoms with van der Waals surface area (Å²) in [6.45, 7) is 7.50. The molecule has 0 saturated heterocycles. The number of aromatic nitrogens is 4. The van der Waals surface area contributed by atoms with E-state index < -0.39 is 5.97 Å². The lowest BCUT2D eigenvalue weighted by atomic mass is 10.1. The van der Waals surface area contributed by atoms with Gasteiger partial charge in [0.2, 0.25) is 0 Å². The highest BCUT2D eigenvalue weighted by atomic mass is 16.4. The van der Waals surface area contributed by atoms with Crippen molar-refractivity contribution in [3.8, 4) is 5.82 Å². The first-order valence-corrected chi connectivity index (χ1v) is 6.64. The van der Waals surface area contributed by atoms with Gasteiger partial charge in [-0.15, -0.1) is 5.10 Å². The smallest absolute Gasteiger partial charge is 0.339 e. The molecule has 2 rings (SSSR count). The molecule has 106 valence electrons. The number of aryl methyl sites for hydroxylation is 3. The van der Waals surface area contributed by atoms with Gasteiger partial charge in [-0.25, -0.2) is 9.48 Å². The summed E-state index contributed by atoms with van der Waals surface area (Å²) >= 11 is 0. The van der Waals surface area contributed by atoms with Crippen LogP contribution >= 0.6 is 0 Å². The number of nitrogens with zero attached hydrogens (tertiary/aromatic N) is 4. The first kappa shape index (κ1) is 14.2. The standard InChI is InChI=1S/C14H18N4O2/c1-5-10-7-11(6-2)18(17-10)13-12(14(19)20)8(3)9(4)15-16-13/h7H,5-6H2,1-4H3,(H,19,20). The van der Waals surface area contributed by atoms with Crippen LogP contribution in [-0.2, 0) is 12.8 Å². The predicted molar refractivity (Wildman–Crippen MR) is 74.3 cm³/mol. The highest BCUT2D eigenvalue weighted by Crippen LogP contribution is 2.20. The summed E-state index contributed by atoms with van der Waals surface area (Å²) < 4.78 is 1.60. The van der Waals surface area contributed by atoms with E-state index in [2.05, 4.69) is 15.3 Å². The Balaban J connectivity index is 2.72. The first-order chi connectivity index (χ1) is 9.49. The minimum Gasteiger partial charge on any atom is -0.478 e. The molecule has 0 amide bonds. The van der Waals surface area contributed by atoms with Crippen LogP contribution in [0.25, 0.3) is 5.82 Å². The second-order valence-corrected chi connectivity index (χ2v) is 4.66. The van der Waals surface area contributed by atoms with Crippen molar-refractivity contribution < 1.29 is 9.90 Å². The average Bonchev–Trinajstić information content (AvgIpc) is 2.84. The number of carbonyl (C=O) groups is 1. The molecule has 0 unspecified atom stereocenters. The zero-order valence-electron chi connectivity index (χ0n) is 12.1. The van der Waals surface area contributed by atoms with E-state index in [4.69, 9.17) is 0 Å². The quantitative estimate of drug-likeness (QED) is 0.923. The van der Waals surface area contributed by atoms with E-state index in [0.717, 1.165) is 24.2 Å². The van der Waals surface area contributed by atoms with Crippen LogP contribution < -0.4 is 0 Å². The van der Waals surface area contributed by atoms with Crippen molar-refractivity contribution in [1.82, 2.24) is 20.0 Å². The van der Waals surface area contributed by atoms with Gasteiger partial charge in [-0.1, -0.05) is 13.8 Å². The predicted octanol–water partition coefficient (Wildman–Crippen LogP) is 2.10. The molecule has 6 heteroatoms. The van der Waals surface area contributed by atoms with Crippen molar-refractivity contribution in [1.29, 1.82) is 0 Å². The normalized spacial score (nSPS) is 10.8. The summed E-state index contributed by atoms with van der Waals surface area (Å²) in [6.07, 6.45) is 1.54. The molecule has 0 saturated carbocycles. The fraction of sp³-hybridized carbons (Fsp3) is 0.429. The molecule has 0 aromatic carbocycles. The molecule has 0 aliphatic rings. The molecule has 0 atom stereocenters. The Kier molecular flexibility index (Phi) is 3.83. The van der Waals surface area contributed by atoms with Crippen molar-refractivity contribution in [2.24, 2.45) is 0 Å². The number of carboxylic acids is 1. The van der Waals surface area contributed by atoms with Gasteiger partial charge < -0.3 is 5.11 Å².